The van der Waals surface area contributed by atoms with Crippen LogP contribution in [0.25, 0.3) is 22.4 Å². The van der Waals surface area contributed by atoms with Crippen LogP contribution < -0.4 is 4.74 Å². The number of fused-ring (bicyclic) bond motifs is 1. The number of nitriles is 1. The molecule has 0 bridgehead atoms. The lowest BCUT2D eigenvalue weighted by molar-refractivity contribution is 0.299. The highest BCUT2D eigenvalue weighted by Crippen LogP contribution is 2.26. The van der Waals surface area contributed by atoms with Crippen LogP contribution in [0.15, 0.2) is 63.4 Å². The Morgan fingerprint density at radius 2 is 1.93 bits per heavy atom. The molecule has 0 N–H and O–H groups in total. The summed E-state index contributed by atoms with van der Waals surface area (Å²) in [6.07, 6.45) is 1.06. The number of aromatic nitrogens is 1. The fourth-order valence-corrected chi connectivity index (χ4v) is 2.88. The van der Waals surface area contributed by atoms with Crippen molar-refractivity contribution in [3.63, 3.8) is 0 Å². The molecule has 0 atom stereocenters. The zero-order valence-electron chi connectivity index (χ0n) is 14.9. The first-order chi connectivity index (χ1) is 13.2. The third kappa shape index (κ3) is 3.70. The number of rotatable bonds is 6. The van der Waals surface area contributed by atoms with Crippen LogP contribution in [0, 0.1) is 18.3 Å². The molecule has 4 aromatic rings. The molecule has 0 fully saturated rings. The zero-order valence-corrected chi connectivity index (χ0v) is 14.9. The molecule has 5 nitrogen and oxygen atoms in total. The number of nitrogens with zero attached hydrogens (tertiary/aromatic N) is 2. The van der Waals surface area contributed by atoms with Gasteiger partial charge in [-0.3, -0.25) is 0 Å². The van der Waals surface area contributed by atoms with Gasteiger partial charge < -0.3 is 13.6 Å². The molecule has 27 heavy (non-hydrogen) atoms. The van der Waals surface area contributed by atoms with E-state index in [1.165, 1.54) is 0 Å². The summed E-state index contributed by atoms with van der Waals surface area (Å²) in [6, 6.07) is 19.6. The Balaban J connectivity index is 1.48. The molecule has 0 aliphatic carbocycles. The number of hydrogen-bond acceptors (Lipinski definition) is 5. The smallest absolute Gasteiger partial charge is 0.226 e. The molecule has 5 heteroatoms. The highest BCUT2D eigenvalue weighted by atomic mass is 16.5. The summed E-state index contributed by atoms with van der Waals surface area (Å²) in [6.45, 7) is 2.20. The van der Waals surface area contributed by atoms with Crippen LogP contribution in [0.3, 0.4) is 0 Å². The lowest BCUT2D eigenvalue weighted by atomic mass is 10.2. The van der Waals surface area contributed by atoms with Gasteiger partial charge in [-0.1, -0.05) is 18.2 Å². The van der Waals surface area contributed by atoms with Crippen molar-refractivity contribution in [3.8, 4) is 23.3 Å². The molecule has 0 unspecified atom stereocenters. The van der Waals surface area contributed by atoms with E-state index < -0.39 is 0 Å². The van der Waals surface area contributed by atoms with Gasteiger partial charge in [0.05, 0.1) is 6.07 Å². The molecule has 0 aliphatic rings. The summed E-state index contributed by atoms with van der Waals surface area (Å²) >= 11 is 0. The van der Waals surface area contributed by atoms with Crippen molar-refractivity contribution in [2.75, 3.05) is 0 Å². The van der Waals surface area contributed by atoms with Crippen LogP contribution in [0.4, 0.5) is 0 Å². The largest absolute Gasteiger partial charge is 0.487 e. The normalized spacial score (nSPS) is 10.8. The minimum Gasteiger partial charge on any atom is -0.487 e. The monoisotopic (exact) mass is 358 g/mol. The topological polar surface area (TPSA) is 72.2 Å². The summed E-state index contributed by atoms with van der Waals surface area (Å²) in [5.41, 5.74) is 2.46. The van der Waals surface area contributed by atoms with E-state index in [1.54, 1.807) is 0 Å². The average Bonchev–Trinajstić information content (AvgIpc) is 3.28. The molecule has 0 amide bonds. The standard InChI is InChI=1S/C22H18N2O3/c1-15-20(24-22(26-15)16-6-3-2-4-7-16)14-25-18-10-9-17-12-19(8-5-11-23)27-21(17)13-18/h2-4,6-7,9-10,12-13H,5,8,14H2,1H3. The van der Waals surface area contributed by atoms with Crippen LogP contribution in [-0.4, -0.2) is 4.98 Å². The van der Waals surface area contributed by atoms with Crippen molar-refractivity contribution in [2.45, 2.75) is 26.4 Å². The van der Waals surface area contributed by atoms with Crippen LogP contribution >= 0.6 is 0 Å². The molecule has 2 aromatic heterocycles. The first kappa shape index (κ1) is 16.9. The second kappa shape index (κ2) is 7.38. The number of furan rings is 1. The van der Waals surface area contributed by atoms with E-state index in [2.05, 4.69) is 11.1 Å². The predicted octanol–water partition coefficient (Wildman–Crippen LogP) is 5.43. The Morgan fingerprint density at radius 1 is 1.07 bits per heavy atom. The lowest BCUT2D eigenvalue weighted by Crippen LogP contribution is -1.97. The quantitative estimate of drug-likeness (QED) is 0.459. The molecule has 2 heterocycles. The Morgan fingerprint density at radius 3 is 2.74 bits per heavy atom. The zero-order chi connectivity index (χ0) is 18.6. The summed E-state index contributed by atoms with van der Waals surface area (Å²) < 4.78 is 17.4. The van der Waals surface area contributed by atoms with Crippen molar-refractivity contribution in [1.82, 2.24) is 4.98 Å². The van der Waals surface area contributed by atoms with Gasteiger partial charge in [-0.05, 0) is 37.3 Å². The Kier molecular flexibility index (Phi) is 4.63. The fraction of sp³-hybridized carbons (Fsp3) is 0.182. The number of oxazole rings is 1. The Hall–Kier alpha value is -3.52. The maximum atomic E-state index is 8.70. The second-order valence-corrected chi connectivity index (χ2v) is 6.25. The molecule has 0 aliphatic heterocycles. The maximum Gasteiger partial charge on any atom is 0.226 e. The summed E-state index contributed by atoms with van der Waals surface area (Å²) in [7, 11) is 0. The van der Waals surface area contributed by atoms with Crippen LogP contribution in [0.5, 0.6) is 5.75 Å². The van der Waals surface area contributed by atoms with Gasteiger partial charge >= 0.3 is 0 Å². The van der Waals surface area contributed by atoms with Crippen molar-refractivity contribution in [2.24, 2.45) is 0 Å². The molecule has 0 saturated carbocycles. The van der Waals surface area contributed by atoms with Gasteiger partial charge in [0.25, 0.3) is 0 Å². The molecular weight excluding hydrogens is 340 g/mol. The minimum absolute atomic E-state index is 0.315. The van der Waals surface area contributed by atoms with Crippen molar-refractivity contribution >= 4 is 11.0 Å². The van der Waals surface area contributed by atoms with Crippen molar-refractivity contribution < 1.29 is 13.6 Å². The maximum absolute atomic E-state index is 8.70. The highest BCUT2D eigenvalue weighted by molar-refractivity contribution is 5.79. The molecule has 0 saturated heterocycles. The van der Waals surface area contributed by atoms with Crippen LogP contribution in [0.1, 0.15) is 23.6 Å². The minimum atomic E-state index is 0.315. The Labute approximate surface area is 156 Å². The summed E-state index contributed by atoms with van der Waals surface area (Å²) in [4.78, 5) is 4.55. The summed E-state index contributed by atoms with van der Waals surface area (Å²) in [5.74, 6) is 2.85. The van der Waals surface area contributed by atoms with Gasteiger partial charge in [-0.25, -0.2) is 4.98 Å². The van der Waals surface area contributed by atoms with E-state index in [9.17, 15) is 0 Å². The molecule has 2 aromatic carbocycles. The van der Waals surface area contributed by atoms with Crippen molar-refractivity contribution in [1.29, 1.82) is 5.26 Å². The third-order valence-corrected chi connectivity index (χ3v) is 4.31. The number of hydrogen-bond donors (Lipinski definition) is 0. The fourth-order valence-electron chi connectivity index (χ4n) is 2.88. The van der Waals surface area contributed by atoms with Gasteiger partial charge in [-0.2, -0.15) is 5.26 Å². The van der Waals surface area contributed by atoms with E-state index in [4.69, 9.17) is 18.8 Å². The molecule has 0 radical (unpaired) electrons. The van der Waals surface area contributed by atoms with E-state index >= 15 is 0 Å². The van der Waals surface area contributed by atoms with E-state index in [1.807, 2.05) is 61.5 Å². The van der Waals surface area contributed by atoms with Crippen LogP contribution in [0.2, 0.25) is 0 Å². The van der Waals surface area contributed by atoms with Gasteiger partial charge in [0.1, 0.15) is 35.2 Å². The van der Waals surface area contributed by atoms with Crippen molar-refractivity contribution in [3.05, 3.63) is 71.8 Å². The first-order valence-electron chi connectivity index (χ1n) is 8.77. The molecule has 4 rings (SSSR count). The predicted molar refractivity (Wildman–Crippen MR) is 101 cm³/mol. The van der Waals surface area contributed by atoms with Crippen LogP contribution in [-0.2, 0) is 13.0 Å². The summed E-state index contributed by atoms with van der Waals surface area (Å²) in [5, 5.41) is 9.70. The Bertz CT molecular complexity index is 1100. The molecule has 134 valence electrons. The number of benzene rings is 2. The van der Waals surface area contributed by atoms with E-state index in [0.29, 0.717) is 31.1 Å². The van der Waals surface area contributed by atoms with E-state index in [0.717, 1.165) is 33.7 Å². The molecular formula is C22H18N2O3. The lowest BCUT2D eigenvalue weighted by Gasteiger charge is -2.04. The highest BCUT2D eigenvalue weighted by Gasteiger charge is 2.12. The third-order valence-electron chi connectivity index (χ3n) is 4.31. The molecule has 0 spiro atoms. The van der Waals surface area contributed by atoms with Gasteiger partial charge in [-0.15, -0.1) is 0 Å². The first-order valence-corrected chi connectivity index (χ1v) is 8.77. The van der Waals surface area contributed by atoms with Gasteiger partial charge in [0.15, 0.2) is 0 Å². The average molecular weight is 358 g/mol. The number of aryl methyl sites for hydroxylation is 2. The second-order valence-electron chi connectivity index (χ2n) is 6.25. The van der Waals surface area contributed by atoms with E-state index in [-0.39, 0.29) is 0 Å². The van der Waals surface area contributed by atoms with Gasteiger partial charge in [0, 0.05) is 29.9 Å². The number of ether oxygens (including phenoxy) is 1. The van der Waals surface area contributed by atoms with Gasteiger partial charge in [0.2, 0.25) is 5.89 Å². The SMILES string of the molecule is Cc1oc(-c2ccccc2)nc1COc1ccc2cc(CCC#N)oc2c1.